The van der Waals surface area contributed by atoms with Crippen LogP contribution in [0, 0.1) is 11.8 Å². The summed E-state index contributed by atoms with van der Waals surface area (Å²) >= 11 is 0. The monoisotopic (exact) mass is 438 g/mol. The highest BCUT2D eigenvalue weighted by atomic mass is 35.5. The lowest BCUT2D eigenvalue weighted by Crippen LogP contribution is -2.34. The molecule has 2 atom stereocenters. The number of piperidine rings is 1. The summed E-state index contributed by atoms with van der Waals surface area (Å²) in [7, 11) is 0. The van der Waals surface area contributed by atoms with Crippen molar-refractivity contribution in [3.05, 3.63) is 54.2 Å². The Balaban J connectivity index is 0.00000210. The van der Waals surface area contributed by atoms with E-state index in [0.29, 0.717) is 35.3 Å². The molecule has 0 radical (unpaired) electrons. The minimum Gasteiger partial charge on any atom is -0.325 e. The molecule has 8 heteroatoms. The van der Waals surface area contributed by atoms with Crippen LogP contribution in [0.3, 0.4) is 0 Å². The molecule has 1 aliphatic heterocycles. The van der Waals surface area contributed by atoms with Crippen molar-refractivity contribution in [3.8, 4) is 0 Å². The quantitative estimate of drug-likeness (QED) is 0.632. The standard InChI is InChI=1S/C21H26N4O2.2ClH/c1-15(17-8-5-11-22-13-17)12-20(26)24-18-9-10-19(23-14-18)25-21(27)16-6-3-2-4-7-16;;/h2-4,6-7,9-10,14-15,17,22H,5,8,11-13H2,1H3,(H,24,26)(H,23,25,27);2*1H. The molecule has 3 N–H and O–H groups in total. The predicted octanol–water partition coefficient (Wildman–Crippen LogP) is 4.14. The van der Waals surface area contributed by atoms with Gasteiger partial charge in [-0.25, -0.2) is 4.98 Å². The van der Waals surface area contributed by atoms with Gasteiger partial charge in [-0.3, -0.25) is 9.59 Å². The molecular formula is C21H28Cl2N4O2. The van der Waals surface area contributed by atoms with E-state index in [1.54, 1.807) is 30.5 Å². The van der Waals surface area contributed by atoms with Gasteiger partial charge in [0.2, 0.25) is 5.91 Å². The van der Waals surface area contributed by atoms with E-state index in [0.717, 1.165) is 13.1 Å². The van der Waals surface area contributed by atoms with E-state index in [2.05, 4.69) is 27.9 Å². The number of carbonyl (C=O) groups excluding carboxylic acids is 2. The SMILES string of the molecule is CC(CC(=O)Nc1ccc(NC(=O)c2ccccc2)nc1)C1CCCNC1.Cl.Cl. The van der Waals surface area contributed by atoms with Gasteiger partial charge in [0, 0.05) is 12.0 Å². The van der Waals surface area contributed by atoms with E-state index in [4.69, 9.17) is 0 Å². The second-order valence-electron chi connectivity index (χ2n) is 7.09. The Kier molecular flexibility index (Phi) is 10.7. The van der Waals surface area contributed by atoms with Gasteiger partial charge in [0.25, 0.3) is 5.91 Å². The van der Waals surface area contributed by atoms with Gasteiger partial charge in [-0.2, -0.15) is 0 Å². The zero-order valence-electron chi connectivity index (χ0n) is 16.4. The molecule has 2 heterocycles. The van der Waals surface area contributed by atoms with Crippen molar-refractivity contribution in [2.45, 2.75) is 26.2 Å². The van der Waals surface area contributed by atoms with Gasteiger partial charge in [-0.15, -0.1) is 24.8 Å². The highest BCUT2D eigenvalue weighted by Crippen LogP contribution is 2.23. The van der Waals surface area contributed by atoms with Crippen LogP contribution in [0.4, 0.5) is 11.5 Å². The molecule has 2 amide bonds. The number of amides is 2. The van der Waals surface area contributed by atoms with Crippen molar-refractivity contribution in [3.63, 3.8) is 0 Å². The molecule has 1 aromatic carbocycles. The lowest BCUT2D eigenvalue weighted by molar-refractivity contribution is -0.117. The Morgan fingerprint density at radius 3 is 2.52 bits per heavy atom. The lowest BCUT2D eigenvalue weighted by atomic mass is 9.85. The molecule has 2 unspecified atom stereocenters. The maximum Gasteiger partial charge on any atom is 0.256 e. The fourth-order valence-corrected chi connectivity index (χ4v) is 3.36. The van der Waals surface area contributed by atoms with Gasteiger partial charge in [-0.1, -0.05) is 25.1 Å². The smallest absolute Gasteiger partial charge is 0.256 e. The number of carbonyl (C=O) groups is 2. The van der Waals surface area contributed by atoms with Crippen LogP contribution in [-0.2, 0) is 4.79 Å². The maximum absolute atomic E-state index is 12.3. The van der Waals surface area contributed by atoms with Crippen molar-refractivity contribution >= 4 is 48.1 Å². The number of rotatable bonds is 6. The molecule has 0 aliphatic carbocycles. The number of halogens is 2. The Morgan fingerprint density at radius 2 is 1.90 bits per heavy atom. The largest absolute Gasteiger partial charge is 0.325 e. The number of nitrogens with zero attached hydrogens (tertiary/aromatic N) is 1. The van der Waals surface area contributed by atoms with E-state index in [-0.39, 0.29) is 36.6 Å². The average molecular weight is 439 g/mol. The fraction of sp³-hybridized carbons (Fsp3) is 0.381. The predicted molar refractivity (Wildman–Crippen MR) is 121 cm³/mol. The van der Waals surface area contributed by atoms with Crippen LogP contribution >= 0.6 is 24.8 Å². The van der Waals surface area contributed by atoms with Crippen LogP contribution in [0.15, 0.2) is 48.7 Å². The molecule has 2 aromatic rings. The van der Waals surface area contributed by atoms with Crippen molar-refractivity contribution in [1.82, 2.24) is 10.3 Å². The van der Waals surface area contributed by atoms with E-state index >= 15 is 0 Å². The van der Waals surface area contributed by atoms with Gasteiger partial charge in [0.15, 0.2) is 0 Å². The third kappa shape index (κ3) is 7.65. The van der Waals surface area contributed by atoms with Crippen LogP contribution in [0.2, 0.25) is 0 Å². The van der Waals surface area contributed by atoms with Crippen molar-refractivity contribution < 1.29 is 9.59 Å². The van der Waals surface area contributed by atoms with Gasteiger partial charge < -0.3 is 16.0 Å². The molecule has 1 saturated heterocycles. The minimum atomic E-state index is -0.213. The summed E-state index contributed by atoms with van der Waals surface area (Å²) in [5, 5.41) is 9.03. The zero-order valence-corrected chi connectivity index (χ0v) is 18.0. The van der Waals surface area contributed by atoms with Crippen LogP contribution in [-0.4, -0.2) is 29.9 Å². The molecule has 1 aromatic heterocycles. The molecular weight excluding hydrogens is 411 g/mol. The highest BCUT2D eigenvalue weighted by Gasteiger charge is 2.22. The number of benzene rings is 1. The Hall–Kier alpha value is -2.15. The first kappa shape index (κ1) is 24.9. The Labute approximate surface area is 184 Å². The normalized spacial score (nSPS) is 16.5. The summed E-state index contributed by atoms with van der Waals surface area (Å²) in [6.45, 7) is 4.21. The van der Waals surface area contributed by atoms with E-state index in [9.17, 15) is 9.59 Å². The summed E-state index contributed by atoms with van der Waals surface area (Å²) in [6.07, 6.45) is 4.42. The first-order valence-corrected chi connectivity index (χ1v) is 9.45. The number of pyridine rings is 1. The van der Waals surface area contributed by atoms with Crippen molar-refractivity contribution in [2.75, 3.05) is 23.7 Å². The lowest BCUT2D eigenvalue weighted by Gasteiger charge is -2.28. The molecule has 1 fully saturated rings. The van der Waals surface area contributed by atoms with Gasteiger partial charge in [0.05, 0.1) is 11.9 Å². The highest BCUT2D eigenvalue weighted by molar-refractivity contribution is 6.03. The van der Waals surface area contributed by atoms with Crippen LogP contribution < -0.4 is 16.0 Å². The molecule has 3 rings (SSSR count). The second kappa shape index (κ2) is 12.4. The molecule has 6 nitrogen and oxygen atoms in total. The van der Waals surface area contributed by atoms with Crippen LogP contribution in [0.1, 0.15) is 36.5 Å². The Morgan fingerprint density at radius 1 is 1.14 bits per heavy atom. The van der Waals surface area contributed by atoms with Crippen LogP contribution in [0.5, 0.6) is 0 Å². The minimum absolute atomic E-state index is 0. The molecule has 1 aliphatic rings. The summed E-state index contributed by atoms with van der Waals surface area (Å²) in [6, 6.07) is 12.4. The van der Waals surface area contributed by atoms with Gasteiger partial charge in [0.1, 0.15) is 5.82 Å². The first-order valence-electron chi connectivity index (χ1n) is 9.45. The summed E-state index contributed by atoms with van der Waals surface area (Å²) in [4.78, 5) is 28.6. The van der Waals surface area contributed by atoms with Gasteiger partial charge in [-0.05, 0) is 62.0 Å². The van der Waals surface area contributed by atoms with Crippen LogP contribution in [0.25, 0.3) is 0 Å². The zero-order chi connectivity index (χ0) is 19.1. The molecule has 0 bridgehead atoms. The molecule has 0 spiro atoms. The average Bonchev–Trinajstić information content (AvgIpc) is 2.70. The summed E-state index contributed by atoms with van der Waals surface area (Å²) in [5.41, 5.74) is 1.20. The van der Waals surface area contributed by atoms with Crippen molar-refractivity contribution in [1.29, 1.82) is 0 Å². The molecule has 0 saturated carbocycles. The Bertz CT molecular complexity index is 766. The number of anilines is 2. The van der Waals surface area contributed by atoms with E-state index < -0.39 is 0 Å². The number of nitrogens with one attached hydrogen (secondary N) is 3. The maximum atomic E-state index is 12.3. The third-order valence-corrected chi connectivity index (χ3v) is 4.97. The molecule has 158 valence electrons. The first-order chi connectivity index (χ1) is 13.1. The molecule has 29 heavy (non-hydrogen) atoms. The summed E-state index contributed by atoms with van der Waals surface area (Å²) in [5.74, 6) is 1.13. The van der Waals surface area contributed by atoms with E-state index in [1.165, 1.54) is 12.8 Å². The van der Waals surface area contributed by atoms with Crippen molar-refractivity contribution in [2.24, 2.45) is 11.8 Å². The van der Waals surface area contributed by atoms with E-state index in [1.807, 2.05) is 18.2 Å². The fourth-order valence-electron chi connectivity index (χ4n) is 3.36. The van der Waals surface area contributed by atoms with Gasteiger partial charge >= 0.3 is 0 Å². The summed E-state index contributed by atoms with van der Waals surface area (Å²) < 4.78 is 0. The third-order valence-electron chi connectivity index (χ3n) is 4.97. The topological polar surface area (TPSA) is 83.1 Å². The number of hydrogen-bond donors (Lipinski definition) is 3. The second-order valence-corrected chi connectivity index (χ2v) is 7.09. The number of hydrogen-bond acceptors (Lipinski definition) is 4. The number of aromatic nitrogens is 1.